The summed E-state index contributed by atoms with van der Waals surface area (Å²) in [7, 11) is 0. The second-order valence-corrected chi connectivity index (χ2v) is 5.68. The number of hydrogen-bond donors (Lipinski definition) is 1. The molecule has 1 N–H and O–H groups in total. The summed E-state index contributed by atoms with van der Waals surface area (Å²) in [5, 5.41) is 9.95. The molecular weight excluding hydrogens is 242 g/mol. The quantitative estimate of drug-likeness (QED) is 0.851. The predicted molar refractivity (Wildman–Crippen MR) is 74.4 cm³/mol. The lowest BCUT2D eigenvalue weighted by Gasteiger charge is -2.45. The molecule has 2 rings (SSSR count). The average Bonchev–Trinajstić information content (AvgIpc) is 2.35. The van der Waals surface area contributed by atoms with Crippen LogP contribution in [0.5, 0.6) is 5.75 Å². The van der Waals surface area contributed by atoms with Crippen molar-refractivity contribution in [2.75, 3.05) is 24.6 Å². The molecule has 1 aliphatic heterocycles. The van der Waals surface area contributed by atoms with Crippen molar-refractivity contribution in [3.05, 3.63) is 12.4 Å². The van der Waals surface area contributed by atoms with Crippen LogP contribution in [0.4, 0.5) is 5.95 Å². The van der Waals surface area contributed by atoms with Crippen molar-refractivity contribution >= 4 is 5.95 Å². The maximum Gasteiger partial charge on any atom is 0.225 e. The lowest BCUT2D eigenvalue weighted by Crippen LogP contribution is -2.62. The lowest BCUT2D eigenvalue weighted by molar-refractivity contribution is 0.00755. The maximum atomic E-state index is 9.95. The Morgan fingerprint density at radius 3 is 2.53 bits per heavy atom. The van der Waals surface area contributed by atoms with Gasteiger partial charge in [0.1, 0.15) is 0 Å². The first kappa shape index (κ1) is 14.1. The molecule has 0 saturated carbocycles. The van der Waals surface area contributed by atoms with Gasteiger partial charge in [-0.3, -0.25) is 0 Å². The Bertz CT molecular complexity index is 400. The van der Waals surface area contributed by atoms with Gasteiger partial charge in [-0.1, -0.05) is 20.8 Å². The minimum Gasteiger partial charge on any atom is -0.490 e. The van der Waals surface area contributed by atoms with Gasteiger partial charge in [-0.15, -0.1) is 0 Å². The lowest BCUT2D eigenvalue weighted by atomic mass is 9.92. The fourth-order valence-electron chi connectivity index (χ4n) is 1.99. The maximum absolute atomic E-state index is 9.95. The minimum atomic E-state index is -0.560. The van der Waals surface area contributed by atoms with Crippen molar-refractivity contribution in [3.8, 4) is 5.75 Å². The molecule has 0 spiro atoms. The molecule has 106 valence electrons. The SMILES string of the molecule is CCC1(O)CN(c2ncc(OCCC(C)C)cn2)C1. The fourth-order valence-corrected chi connectivity index (χ4v) is 1.99. The molecule has 0 aliphatic carbocycles. The second kappa shape index (κ2) is 5.74. The molecule has 1 aromatic heterocycles. The zero-order chi connectivity index (χ0) is 13.9. The van der Waals surface area contributed by atoms with Crippen molar-refractivity contribution in [2.24, 2.45) is 5.92 Å². The molecule has 1 saturated heterocycles. The highest BCUT2D eigenvalue weighted by molar-refractivity contribution is 5.37. The van der Waals surface area contributed by atoms with Gasteiger partial charge in [0.25, 0.3) is 0 Å². The van der Waals surface area contributed by atoms with Crippen LogP contribution in [0.1, 0.15) is 33.6 Å². The van der Waals surface area contributed by atoms with Crippen LogP contribution >= 0.6 is 0 Å². The van der Waals surface area contributed by atoms with Gasteiger partial charge in [-0.05, 0) is 18.8 Å². The Kier molecular flexibility index (Phi) is 4.24. The van der Waals surface area contributed by atoms with Gasteiger partial charge in [0.2, 0.25) is 5.95 Å². The summed E-state index contributed by atoms with van der Waals surface area (Å²) >= 11 is 0. The highest BCUT2D eigenvalue weighted by Crippen LogP contribution is 2.27. The zero-order valence-electron chi connectivity index (χ0n) is 12.0. The number of aliphatic hydroxyl groups is 1. The van der Waals surface area contributed by atoms with E-state index in [-0.39, 0.29) is 0 Å². The number of ether oxygens (including phenoxy) is 1. The van der Waals surface area contributed by atoms with Crippen LogP contribution in [0.3, 0.4) is 0 Å². The summed E-state index contributed by atoms with van der Waals surface area (Å²) in [6.45, 7) is 8.24. The zero-order valence-corrected chi connectivity index (χ0v) is 12.0. The average molecular weight is 265 g/mol. The summed E-state index contributed by atoms with van der Waals surface area (Å²) in [6.07, 6.45) is 5.19. The van der Waals surface area contributed by atoms with Crippen molar-refractivity contribution in [1.82, 2.24) is 9.97 Å². The van der Waals surface area contributed by atoms with Crippen LogP contribution in [0.15, 0.2) is 12.4 Å². The van der Waals surface area contributed by atoms with Gasteiger partial charge in [-0.2, -0.15) is 0 Å². The molecule has 0 atom stereocenters. The summed E-state index contributed by atoms with van der Waals surface area (Å²) in [5.74, 6) is 2.00. The van der Waals surface area contributed by atoms with Crippen molar-refractivity contribution in [1.29, 1.82) is 0 Å². The van der Waals surface area contributed by atoms with Crippen molar-refractivity contribution in [3.63, 3.8) is 0 Å². The minimum absolute atomic E-state index is 0.560. The topological polar surface area (TPSA) is 58.5 Å². The molecule has 2 heterocycles. The highest BCUT2D eigenvalue weighted by Gasteiger charge is 2.40. The number of hydrogen-bond acceptors (Lipinski definition) is 5. The van der Waals surface area contributed by atoms with Crippen molar-refractivity contribution < 1.29 is 9.84 Å². The Morgan fingerprint density at radius 2 is 2.00 bits per heavy atom. The first-order valence-corrected chi connectivity index (χ1v) is 6.94. The smallest absolute Gasteiger partial charge is 0.225 e. The Morgan fingerprint density at radius 1 is 1.37 bits per heavy atom. The normalized spacial score (nSPS) is 17.4. The molecule has 1 aromatic rings. The van der Waals surface area contributed by atoms with E-state index in [1.807, 2.05) is 11.8 Å². The van der Waals surface area contributed by atoms with E-state index in [9.17, 15) is 5.11 Å². The van der Waals surface area contributed by atoms with Crippen LogP contribution in [0.25, 0.3) is 0 Å². The predicted octanol–water partition coefficient (Wildman–Crippen LogP) is 1.86. The first-order valence-electron chi connectivity index (χ1n) is 6.94. The van der Waals surface area contributed by atoms with Crippen LogP contribution in [-0.4, -0.2) is 40.4 Å². The standard InChI is InChI=1S/C14H23N3O2/c1-4-14(18)9-17(10-14)13-15-7-12(8-16-13)19-6-5-11(2)3/h7-8,11,18H,4-6,9-10H2,1-3H3. The number of nitrogens with zero attached hydrogens (tertiary/aromatic N) is 3. The van der Waals surface area contributed by atoms with Crippen LogP contribution in [-0.2, 0) is 0 Å². The molecule has 1 fully saturated rings. The molecule has 5 nitrogen and oxygen atoms in total. The number of β-amino-alcohol motifs (C(OH)–C–C–N with tert-alkyl or cyclic N) is 1. The highest BCUT2D eigenvalue weighted by atomic mass is 16.5. The Balaban J connectivity index is 1.82. The van der Waals surface area contributed by atoms with Crippen LogP contribution < -0.4 is 9.64 Å². The van der Waals surface area contributed by atoms with E-state index in [2.05, 4.69) is 23.8 Å². The van der Waals surface area contributed by atoms with E-state index >= 15 is 0 Å². The third kappa shape index (κ3) is 3.56. The van der Waals surface area contributed by atoms with Gasteiger partial charge in [0, 0.05) is 0 Å². The van der Waals surface area contributed by atoms with Gasteiger partial charge in [0.15, 0.2) is 5.75 Å². The van der Waals surface area contributed by atoms with E-state index in [4.69, 9.17) is 4.74 Å². The summed E-state index contributed by atoms with van der Waals surface area (Å²) in [4.78, 5) is 10.5. The second-order valence-electron chi connectivity index (χ2n) is 5.68. The molecule has 1 aliphatic rings. The summed E-state index contributed by atoms with van der Waals surface area (Å²) in [6, 6.07) is 0. The molecule has 0 aromatic carbocycles. The number of rotatable bonds is 6. The van der Waals surface area contributed by atoms with E-state index in [0.717, 1.165) is 12.8 Å². The van der Waals surface area contributed by atoms with Crippen LogP contribution in [0.2, 0.25) is 0 Å². The monoisotopic (exact) mass is 265 g/mol. The summed E-state index contributed by atoms with van der Waals surface area (Å²) < 4.78 is 5.57. The number of aromatic nitrogens is 2. The molecule has 0 amide bonds. The molecule has 0 unspecified atom stereocenters. The molecular formula is C14H23N3O2. The van der Waals surface area contributed by atoms with Crippen molar-refractivity contribution in [2.45, 2.75) is 39.2 Å². The molecule has 0 radical (unpaired) electrons. The molecule has 0 bridgehead atoms. The first-order chi connectivity index (χ1) is 9.02. The number of anilines is 1. The van der Waals surface area contributed by atoms with E-state index in [1.54, 1.807) is 12.4 Å². The molecule has 19 heavy (non-hydrogen) atoms. The largest absolute Gasteiger partial charge is 0.490 e. The Labute approximate surface area is 114 Å². The fraction of sp³-hybridized carbons (Fsp3) is 0.714. The van der Waals surface area contributed by atoms with Crippen LogP contribution in [0, 0.1) is 5.92 Å². The summed E-state index contributed by atoms with van der Waals surface area (Å²) in [5.41, 5.74) is -0.560. The van der Waals surface area contributed by atoms with Gasteiger partial charge in [0.05, 0.1) is 37.7 Å². The van der Waals surface area contributed by atoms with Gasteiger partial charge in [-0.25, -0.2) is 9.97 Å². The van der Waals surface area contributed by atoms with E-state index in [0.29, 0.717) is 37.3 Å². The molecule has 5 heteroatoms. The van der Waals surface area contributed by atoms with E-state index in [1.165, 1.54) is 0 Å². The third-order valence-corrected chi connectivity index (χ3v) is 3.49. The van der Waals surface area contributed by atoms with Gasteiger partial charge >= 0.3 is 0 Å². The third-order valence-electron chi connectivity index (χ3n) is 3.49. The van der Waals surface area contributed by atoms with Gasteiger partial charge < -0.3 is 14.7 Å². The Hall–Kier alpha value is -1.36. The van der Waals surface area contributed by atoms with E-state index < -0.39 is 5.60 Å².